The van der Waals surface area contributed by atoms with Gasteiger partial charge in [-0.05, 0) is 6.42 Å². The van der Waals surface area contributed by atoms with Gasteiger partial charge in [0, 0.05) is 13.1 Å². The summed E-state index contributed by atoms with van der Waals surface area (Å²) < 4.78 is 20.9. The van der Waals surface area contributed by atoms with Gasteiger partial charge in [-0.25, -0.2) is 9.07 Å². The minimum absolute atomic E-state index is 0.313. The van der Waals surface area contributed by atoms with Crippen molar-refractivity contribution >= 4 is 17.3 Å². The molecule has 2 N–H and O–H groups in total. The van der Waals surface area contributed by atoms with Crippen molar-refractivity contribution in [2.24, 2.45) is 0 Å². The molecular weight excluding hydrogens is 259 g/mol. The second-order valence-electron chi connectivity index (χ2n) is 4.89. The molecule has 100 valence electrons. The van der Waals surface area contributed by atoms with E-state index >= 15 is 0 Å². The maximum Gasteiger partial charge on any atom is 0.150 e. The molecular formula is C11H16ClFN4O. The lowest BCUT2D eigenvalue weighted by molar-refractivity contribution is -0.0847. The Morgan fingerprint density at radius 1 is 1.50 bits per heavy atom. The summed E-state index contributed by atoms with van der Waals surface area (Å²) in [5.41, 5.74) is 6.04. The fraction of sp³-hybridized carbons (Fsp3) is 0.727. The predicted molar refractivity (Wildman–Crippen MR) is 66.4 cm³/mol. The number of alkyl halides is 1. The van der Waals surface area contributed by atoms with Gasteiger partial charge in [0.2, 0.25) is 0 Å². The van der Waals surface area contributed by atoms with Crippen molar-refractivity contribution in [2.75, 3.05) is 32.0 Å². The van der Waals surface area contributed by atoms with Crippen LogP contribution in [0.3, 0.4) is 0 Å². The Kier molecular flexibility index (Phi) is 3.17. The Labute approximate surface area is 110 Å². The second kappa shape index (κ2) is 4.68. The Hall–Kier alpha value is -0.850. The van der Waals surface area contributed by atoms with Crippen molar-refractivity contribution in [2.45, 2.75) is 24.7 Å². The van der Waals surface area contributed by atoms with Crippen LogP contribution >= 0.6 is 11.6 Å². The summed E-state index contributed by atoms with van der Waals surface area (Å²) in [7, 11) is 0. The number of rotatable bonds is 2. The van der Waals surface area contributed by atoms with E-state index in [1.54, 1.807) is 0 Å². The molecule has 2 fully saturated rings. The van der Waals surface area contributed by atoms with E-state index in [0.29, 0.717) is 43.1 Å². The van der Waals surface area contributed by atoms with E-state index in [2.05, 4.69) is 10.00 Å². The predicted octanol–water partition coefficient (Wildman–Crippen LogP) is 1.10. The van der Waals surface area contributed by atoms with Gasteiger partial charge in [0.15, 0.2) is 0 Å². The highest BCUT2D eigenvalue weighted by Crippen LogP contribution is 2.31. The highest BCUT2D eigenvalue weighted by molar-refractivity contribution is 6.32. The lowest BCUT2D eigenvalue weighted by Crippen LogP contribution is -2.55. The lowest BCUT2D eigenvalue weighted by atomic mass is 10.0. The number of nitrogens with two attached hydrogens (primary N) is 1. The summed E-state index contributed by atoms with van der Waals surface area (Å²) in [6.07, 6.45) is 1.19. The highest BCUT2D eigenvalue weighted by Gasteiger charge is 2.37. The van der Waals surface area contributed by atoms with Crippen LogP contribution in [0.25, 0.3) is 0 Å². The minimum Gasteiger partial charge on any atom is -0.395 e. The second-order valence-corrected chi connectivity index (χ2v) is 5.25. The monoisotopic (exact) mass is 274 g/mol. The number of anilines is 1. The molecule has 2 atom stereocenters. The molecule has 1 aromatic rings. The topological polar surface area (TPSA) is 56.3 Å². The van der Waals surface area contributed by atoms with Crippen LogP contribution in [0.15, 0.2) is 6.20 Å². The van der Waals surface area contributed by atoms with Crippen molar-refractivity contribution in [3.05, 3.63) is 11.3 Å². The number of hydrogen-bond acceptors (Lipinski definition) is 4. The van der Waals surface area contributed by atoms with Crippen LogP contribution in [-0.4, -0.2) is 53.2 Å². The number of halogens is 2. The molecule has 2 aliphatic heterocycles. The third-order valence-electron chi connectivity index (χ3n) is 3.75. The van der Waals surface area contributed by atoms with Gasteiger partial charge >= 0.3 is 0 Å². The maximum atomic E-state index is 14.3. The molecule has 0 bridgehead atoms. The maximum absolute atomic E-state index is 14.3. The number of nitrogen functional groups attached to an aromatic ring is 1. The summed E-state index contributed by atoms with van der Waals surface area (Å²) in [6, 6.07) is 0.0643. The molecule has 18 heavy (non-hydrogen) atoms. The molecule has 7 heteroatoms. The number of aromatic nitrogens is 2. The lowest BCUT2D eigenvalue weighted by Gasteiger charge is -2.42. The summed E-state index contributed by atoms with van der Waals surface area (Å²) in [5.74, 6) is 0. The highest BCUT2D eigenvalue weighted by atomic mass is 35.5. The average Bonchev–Trinajstić information content (AvgIpc) is 2.58. The van der Waals surface area contributed by atoms with Gasteiger partial charge < -0.3 is 10.5 Å². The normalized spacial score (nSPS) is 30.3. The van der Waals surface area contributed by atoms with Gasteiger partial charge in [-0.1, -0.05) is 11.6 Å². The van der Waals surface area contributed by atoms with Crippen molar-refractivity contribution in [1.82, 2.24) is 14.7 Å². The quantitative estimate of drug-likeness (QED) is 0.878. The molecule has 0 radical (unpaired) electrons. The van der Waals surface area contributed by atoms with E-state index in [1.165, 1.54) is 10.9 Å². The number of nitrogens with zero attached hydrogens (tertiary/aromatic N) is 3. The van der Waals surface area contributed by atoms with Gasteiger partial charge in [0.25, 0.3) is 0 Å². The first-order valence-corrected chi connectivity index (χ1v) is 6.49. The van der Waals surface area contributed by atoms with E-state index in [9.17, 15) is 4.39 Å². The summed E-state index contributed by atoms with van der Waals surface area (Å²) in [5, 5.41) is 4.41. The van der Waals surface area contributed by atoms with Crippen LogP contribution in [0.1, 0.15) is 12.5 Å². The largest absolute Gasteiger partial charge is 0.395 e. The summed E-state index contributed by atoms with van der Waals surface area (Å²) in [4.78, 5) is 2.14. The van der Waals surface area contributed by atoms with Crippen LogP contribution in [0.4, 0.5) is 10.1 Å². The van der Waals surface area contributed by atoms with E-state index < -0.39 is 6.17 Å². The zero-order valence-corrected chi connectivity index (χ0v) is 10.7. The van der Waals surface area contributed by atoms with Crippen LogP contribution in [0.5, 0.6) is 0 Å². The van der Waals surface area contributed by atoms with Crippen LogP contribution in [0.2, 0.25) is 5.15 Å². The van der Waals surface area contributed by atoms with E-state index in [0.717, 1.165) is 6.54 Å². The molecule has 0 aromatic carbocycles. The molecule has 2 aliphatic rings. The van der Waals surface area contributed by atoms with Crippen molar-refractivity contribution < 1.29 is 9.13 Å². The average molecular weight is 275 g/mol. The Morgan fingerprint density at radius 2 is 2.28 bits per heavy atom. The molecule has 3 heterocycles. The molecule has 0 unspecified atom stereocenters. The number of hydrogen-bond donors (Lipinski definition) is 1. The number of piperidine rings is 1. The third-order valence-corrected chi connectivity index (χ3v) is 4.14. The van der Waals surface area contributed by atoms with Gasteiger partial charge in [0.1, 0.15) is 11.3 Å². The Bertz CT molecular complexity index is 437. The van der Waals surface area contributed by atoms with Gasteiger partial charge in [-0.15, -0.1) is 0 Å². The molecule has 0 saturated carbocycles. The Morgan fingerprint density at radius 3 is 2.78 bits per heavy atom. The molecule has 0 aliphatic carbocycles. The zero-order valence-electron chi connectivity index (χ0n) is 9.93. The Balaban J connectivity index is 1.70. The standard InChI is InChI=1S/C11H16ClFN4O/c12-11-9(14)3-15-17(11)10-1-2-16(4-8(10)13)7-5-18-6-7/h3,7-8,10H,1-2,4-6,14H2/t8-,10-/m1/s1. The first-order valence-electron chi connectivity index (χ1n) is 6.11. The minimum atomic E-state index is -0.976. The number of likely N-dealkylation sites (tertiary alicyclic amines) is 1. The first kappa shape index (κ1) is 12.2. The molecule has 0 amide bonds. The van der Waals surface area contributed by atoms with Crippen LogP contribution in [-0.2, 0) is 4.74 Å². The van der Waals surface area contributed by atoms with Gasteiger partial charge in [-0.3, -0.25) is 4.90 Å². The fourth-order valence-corrected chi connectivity index (χ4v) is 2.77. The first-order chi connectivity index (χ1) is 8.66. The van der Waals surface area contributed by atoms with E-state index in [-0.39, 0.29) is 6.04 Å². The third kappa shape index (κ3) is 1.98. The van der Waals surface area contributed by atoms with E-state index in [1.807, 2.05) is 0 Å². The van der Waals surface area contributed by atoms with Gasteiger partial charge in [-0.2, -0.15) is 5.10 Å². The van der Waals surface area contributed by atoms with Crippen molar-refractivity contribution in [3.8, 4) is 0 Å². The molecule has 1 aromatic heterocycles. The molecule has 3 rings (SSSR count). The van der Waals surface area contributed by atoms with Crippen molar-refractivity contribution in [1.29, 1.82) is 0 Å². The summed E-state index contributed by atoms with van der Waals surface area (Å²) in [6.45, 7) is 2.68. The van der Waals surface area contributed by atoms with Crippen LogP contribution < -0.4 is 5.73 Å². The zero-order chi connectivity index (χ0) is 12.7. The fourth-order valence-electron chi connectivity index (χ4n) is 2.55. The molecule has 0 spiro atoms. The molecule has 2 saturated heterocycles. The van der Waals surface area contributed by atoms with Crippen molar-refractivity contribution in [3.63, 3.8) is 0 Å². The smallest absolute Gasteiger partial charge is 0.150 e. The number of ether oxygens (including phenoxy) is 1. The van der Waals surface area contributed by atoms with E-state index in [4.69, 9.17) is 22.1 Å². The van der Waals surface area contributed by atoms with Crippen LogP contribution in [0, 0.1) is 0 Å². The SMILES string of the molecule is Nc1cnn([C@@H]2CCN(C3COC3)C[C@H]2F)c1Cl. The van der Waals surface area contributed by atoms with Gasteiger partial charge in [0.05, 0.1) is 37.2 Å². The summed E-state index contributed by atoms with van der Waals surface area (Å²) >= 11 is 6.02. The molecule has 5 nitrogen and oxygen atoms in total.